The van der Waals surface area contributed by atoms with Crippen LogP contribution in [0.15, 0.2) is 30.6 Å². The van der Waals surface area contributed by atoms with Gasteiger partial charge in [0.05, 0.1) is 35.8 Å². The molecule has 10 heteroatoms. The van der Waals surface area contributed by atoms with Crippen LogP contribution in [0.5, 0.6) is 0 Å². The van der Waals surface area contributed by atoms with E-state index in [0.717, 1.165) is 23.2 Å². The Morgan fingerprint density at radius 1 is 1.00 bits per heavy atom. The number of hydrogen-bond acceptors (Lipinski definition) is 7. The van der Waals surface area contributed by atoms with E-state index in [1.807, 2.05) is 31.9 Å². The molecule has 1 aliphatic heterocycles. The quantitative estimate of drug-likeness (QED) is 0.401. The van der Waals surface area contributed by atoms with Gasteiger partial charge >= 0.3 is 0 Å². The van der Waals surface area contributed by atoms with Gasteiger partial charge in [0.1, 0.15) is 28.9 Å². The molecule has 37 heavy (non-hydrogen) atoms. The lowest BCUT2D eigenvalue weighted by atomic mass is 9.50. The summed E-state index contributed by atoms with van der Waals surface area (Å²) < 4.78 is 37.0. The minimum Gasteiger partial charge on any atom is -0.367 e. The molecular formula is C27H27F2N7O. The molecule has 2 bridgehead atoms. The Kier molecular flexibility index (Phi) is 4.89. The van der Waals surface area contributed by atoms with Crippen molar-refractivity contribution in [1.29, 1.82) is 0 Å². The summed E-state index contributed by atoms with van der Waals surface area (Å²) in [7, 11) is 0. The third kappa shape index (κ3) is 3.60. The summed E-state index contributed by atoms with van der Waals surface area (Å²) in [5.41, 5.74) is 3.88. The second-order valence-corrected chi connectivity index (χ2v) is 10.8. The SMILES string of the molecule is Cc1nc2nc(N3C[C@@H](C)O[C@@H](c4cnn(C56CC(C5)C6)c4)C3)nc(-c3ccc(F)cc3F)c2nc1C. The van der Waals surface area contributed by atoms with Crippen LogP contribution >= 0.6 is 0 Å². The normalized spacial score (nSPS) is 26.7. The fourth-order valence-corrected chi connectivity index (χ4v) is 5.89. The third-order valence-electron chi connectivity index (χ3n) is 8.13. The second-order valence-electron chi connectivity index (χ2n) is 10.8. The van der Waals surface area contributed by atoms with Gasteiger partial charge in [-0.15, -0.1) is 0 Å². The molecule has 1 aromatic carbocycles. The van der Waals surface area contributed by atoms with Crippen molar-refractivity contribution >= 4 is 17.1 Å². The fourth-order valence-electron chi connectivity index (χ4n) is 5.89. The van der Waals surface area contributed by atoms with E-state index < -0.39 is 11.6 Å². The largest absolute Gasteiger partial charge is 0.367 e. The van der Waals surface area contributed by atoms with Crippen LogP contribution in [0.4, 0.5) is 14.7 Å². The monoisotopic (exact) mass is 503 g/mol. The van der Waals surface area contributed by atoms with E-state index in [9.17, 15) is 8.78 Å². The van der Waals surface area contributed by atoms with Crippen LogP contribution < -0.4 is 4.90 Å². The molecule has 0 radical (unpaired) electrons. The zero-order chi connectivity index (χ0) is 25.5. The van der Waals surface area contributed by atoms with Crippen molar-refractivity contribution in [2.24, 2.45) is 5.92 Å². The highest BCUT2D eigenvalue weighted by Crippen LogP contribution is 2.62. The molecule has 0 spiro atoms. The van der Waals surface area contributed by atoms with E-state index in [0.29, 0.717) is 41.6 Å². The number of aryl methyl sites for hydroxylation is 2. The molecule has 3 aromatic heterocycles. The molecular weight excluding hydrogens is 476 g/mol. The Hall–Kier alpha value is -3.53. The van der Waals surface area contributed by atoms with Gasteiger partial charge in [-0.3, -0.25) is 4.68 Å². The Morgan fingerprint density at radius 3 is 2.51 bits per heavy atom. The van der Waals surface area contributed by atoms with E-state index in [4.69, 9.17) is 14.7 Å². The van der Waals surface area contributed by atoms with Crippen molar-refractivity contribution in [3.05, 3.63) is 59.2 Å². The molecule has 0 amide bonds. The molecule has 4 aromatic rings. The minimum atomic E-state index is -0.708. The first kappa shape index (κ1) is 22.7. The molecule has 8 rings (SSSR count). The predicted molar refractivity (Wildman–Crippen MR) is 133 cm³/mol. The zero-order valence-electron chi connectivity index (χ0n) is 20.9. The van der Waals surface area contributed by atoms with Crippen molar-refractivity contribution in [3.63, 3.8) is 0 Å². The lowest BCUT2D eigenvalue weighted by Crippen LogP contribution is -2.59. The lowest BCUT2D eigenvalue weighted by molar-refractivity contribution is -0.0980. The molecule has 0 unspecified atom stereocenters. The van der Waals surface area contributed by atoms with Gasteiger partial charge < -0.3 is 9.64 Å². The summed E-state index contributed by atoms with van der Waals surface area (Å²) in [6.45, 7) is 6.78. The summed E-state index contributed by atoms with van der Waals surface area (Å²) in [4.78, 5) is 20.8. The maximum atomic E-state index is 14.9. The molecule has 4 heterocycles. The van der Waals surface area contributed by atoms with Crippen molar-refractivity contribution in [1.82, 2.24) is 29.7 Å². The molecule has 3 aliphatic carbocycles. The van der Waals surface area contributed by atoms with Crippen LogP contribution in [0.1, 0.15) is 49.2 Å². The number of hydrogen-bond donors (Lipinski definition) is 0. The first-order valence-electron chi connectivity index (χ1n) is 12.7. The third-order valence-corrected chi connectivity index (χ3v) is 8.13. The number of anilines is 1. The standard InChI is InChI=1S/C27H27F2N7O/c1-14-11-35(13-22(37-14)18-10-30-36(12-18)27-7-17(8-27)9-27)26-33-23(20-5-4-19(28)6-21(20)29)24-25(34-26)32-16(3)15(2)31-24/h4-6,10,12,14,17,22H,7-9,11,13H2,1-3H3/t14-,17?,22-,27?/m1/s1. The van der Waals surface area contributed by atoms with Gasteiger partial charge in [0.15, 0.2) is 5.65 Å². The van der Waals surface area contributed by atoms with Crippen LogP contribution in [-0.2, 0) is 10.3 Å². The van der Waals surface area contributed by atoms with Gasteiger partial charge in [0.2, 0.25) is 5.95 Å². The van der Waals surface area contributed by atoms with E-state index in [1.165, 1.54) is 31.4 Å². The Balaban J connectivity index is 1.28. The molecule has 1 saturated heterocycles. The van der Waals surface area contributed by atoms with Gasteiger partial charge in [-0.1, -0.05) is 0 Å². The second kappa shape index (κ2) is 7.98. The van der Waals surface area contributed by atoms with Gasteiger partial charge in [-0.05, 0) is 58.1 Å². The van der Waals surface area contributed by atoms with Gasteiger partial charge in [0.25, 0.3) is 0 Å². The number of ether oxygens (including phenoxy) is 1. The summed E-state index contributed by atoms with van der Waals surface area (Å²) in [6.07, 6.45) is 7.38. The van der Waals surface area contributed by atoms with E-state index >= 15 is 0 Å². The Bertz CT molecular complexity index is 1540. The van der Waals surface area contributed by atoms with Gasteiger partial charge in [0, 0.05) is 29.9 Å². The maximum Gasteiger partial charge on any atom is 0.228 e. The smallest absolute Gasteiger partial charge is 0.228 e. The maximum absolute atomic E-state index is 14.9. The number of halogens is 2. The van der Waals surface area contributed by atoms with Crippen LogP contribution in [-0.4, -0.2) is 48.9 Å². The number of aromatic nitrogens is 6. The number of nitrogens with zero attached hydrogens (tertiary/aromatic N) is 7. The van der Waals surface area contributed by atoms with Crippen molar-refractivity contribution < 1.29 is 13.5 Å². The highest BCUT2D eigenvalue weighted by molar-refractivity contribution is 5.88. The molecule has 190 valence electrons. The number of benzene rings is 1. The number of morpholine rings is 1. The lowest BCUT2D eigenvalue weighted by Gasteiger charge is -2.61. The molecule has 3 saturated carbocycles. The Labute approximate surface area is 212 Å². The zero-order valence-corrected chi connectivity index (χ0v) is 20.9. The molecule has 8 nitrogen and oxygen atoms in total. The first-order valence-corrected chi connectivity index (χ1v) is 12.7. The molecule has 2 atom stereocenters. The fraction of sp³-hybridized carbons (Fsp3) is 0.444. The summed E-state index contributed by atoms with van der Waals surface area (Å²) in [5, 5.41) is 4.67. The minimum absolute atomic E-state index is 0.0896. The van der Waals surface area contributed by atoms with E-state index in [-0.39, 0.29) is 23.3 Å². The summed E-state index contributed by atoms with van der Waals surface area (Å²) in [5.74, 6) is -0.0760. The molecule has 4 aliphatic rings. The molecule has 4 fully saturated rings. The summed E-state index contributed by atoms with van der Waals surface area (Å²) in [6, 6.07) is 3.46. The highest BCUT2D eigenvalue weighted by atomic mass is 19.1. The number of fused-ring (bicyclic) bond motifs is 1. The highest BCUT2D eigenvalue weighted by Gasteiger charge is 2.58. The average molecular weight is 504 g/mol. The van der Waals surface area contributed by atoms with Crippen LogP contribution in [0.2, 0.25) is 0 Å². The average Bonchev–Trinajstić information content (AvgIpc) is 3.27. The Morgan fingerprint density at radius 2 is 1.78 bits per heavy atom. The number of rotatable bonds is 4. The predicted octanol–water partition coefficient (Wildman–Crippen LogP) is 4.65. The van der Waals surface area contributed by atoms with Gasteiger partial charge in [-0.25, -0.2) is 23.7 Å². The summed E-state index contributed by atoms with van der Waals surface area (Å²) >= 11 is 0. The van der Waals surface area contributed by atoms with Crippen LogP contribution in [0, 0.1) is 31.4 Å². The van der Waals surface area contributed by atoms with Crippen molar-refractivity contribution in [2.75, 3.05) is 18.0 Å². The molecule has 0 N–H and O–H groups in total. The van der Waals surface area contributed by atoms with Crippen LogP contribution in [0.25, 0.3) is 22.4 Å². The van der Waals surface area contributed by atoms with Crippen LogP contribution in [0.3, 0.4) is 0 Å². The van der Waals surface area contributed by atoms with E-state index in [2.05, 4.69) is 25.9 Å². The van der Waals surface area contributed by atoms with Crippen molar-refractivity contribution in [3.8, 4) is 11.3 Å². The van der Waals surface area contributed by atoms with Crippen molar-refractivity contribution in [2.45, 2.75) is 57.8 Å². The van der Waals surface area contributed by atoms with E-state index in [1.54, 1.807) is 0 Å². The van der Waals surface area contributed by atoms with Gasteiger partial charge in [-0.2, -0.15) is 10.1 Å². The first-order chi connectivity index (χ1) is 17.8. The topological polar surface area (TPSA) is 81.9 Å².